The number of hydrogen-bond donors (Lipinski definition) is 0. The van der Waals surface area contributed by atoms with Crippen molar-refractivity contribution in [3.8, 4) is 29.0 Å². The second-order valence-corrected chi connectivity index (χ2v) is 5.27. The van der Waals surface area contributed by atoms with E-state index >= 15 is 0 Å². The van der Waals surface area contributed by atoms with Gasteiger partial charge in [-0.1, -0.05) is 32.0 Å². The van der Waals surface area contributed by atoms with Crippen LogP contribution in [0.25, 0.3) is 11.3 Å². The fourth-order valence-corrected chi connectivity index (χ4v) is 2.42. The number of benzene rings is 2. The van der Waals surface area contributed by atoms with E-state index in [1.807, 2.05) is 75.4 Å². The van der Waals surface area contributed by atoms with Crippen molar-refractivity contribution >= 4 is 0 Å². The molecule has 2 aromatic carbocycles. The van der Waals surface area contributed by atoms with Gasteiger partial charge in [0.2, 0.25) is 0 Å². The summed E-state index contributed by atoms with van der Waals surface area (Å²) in [6.45, 7) is 6.31. The Morgan fingerprint density at radius 1 is 0.962 bits per heavy atom. The van der Waals surface area contributed by atoms with E-state index in [4.69, 9.17) is 14.7 Å². The molecule has 132 valence electrons. The molecule has 4 nitrogen and oxygen atoms in total. The molecule has 0 radical (unpaired) electrons. The third-order valence-corrected chi connectivity index (χ3v) is 3.72. The molecule has 4 heteroatoms. The first kappa shape index (κ1) is 19.0. The third kappa shape index (κ3) is 4.84. The van der Waals surface area contributed by atoms with Crippen LogP contribution in [0, 0.1) is 18.4 Å². The van der Waals surface area contributed by atoms with Crippen molar-refractivity contribution in [3.05, 3.63) is 78.0 Å². The first-order valence-corrected chi connectivity index (χ1v) is 8.56. The van der Waals surface area contributed by atoms with Crippen LogP contribution in [0.2, 0.25) is 0 Å². The Morgan fingerprint density at radius 2 is 1.73 bits per heavy atom. The Hall–Kier alpha value is -3.32. The van der Waals surface area contributed by atoms with Gasteiger partial charge in [0, 0.05) is 17.3 Å². The van der Waals surface area contributed by atoms with Gasteiger partial charge in [-0.25, -0.2) is 0 Å². The zero-order valence-electron chi connectivity index (χ0n) is 15.3. The van der Waals surface area contributed by atoms with Gasteiger partial charge in [0.15, 0.2) is 0 Å². The summed E-state index contributed by atoms with van der Waals surface area (Å²) in [6.07, 6.45) is 3.49. The van der Waals surface area contributed by atoms with E-state index in [0.717, 1.165) is 28.1 Å². The molecule has 0 aliphatic heterocycles. The van der Waals surface area contributed by atoms with Gasteiger partial charge in [-0.2, -0.15) is 0 Å². The minimum absolute atomic E-state index is 0.340. The van der Waals surface area contributed by atoms with Crippen LogP contribution in [-0.4, -0.2) is 4.98 Å². The second-order valence-electron chi connectivity index (χ2n) is 5.27. The van der Waals surface area contributed by atoms with Crippen LogP contribution in [0.15, 0.2) is 66.9 Å². The first-order valence-electron chi connectivity index (χ1n) is 8.56. The van der Waals surface area contributed by atoms with Gasteiger partial charge >= 0.3 is 0 Å². The van der Waals surface area contributed by atoms with Gasteiger partial charge in [0.25, 0.3) is 6.26 Å². The molecule has 0 spiro atoms. The number of nitrogens with zero attached hydrogens (tertiary/aromatic N) is 2. The molecule has 0 N–H and O–H groups in total. The molecule has 0 amide bonds. The van der Waals surface area contributed by atoms with Crippen LogP contribution in [0.4, 0.5) is 0 Å². The average Bonchev–Trinajstić information content (AvgIpc) is 2.70. The lowest BCUT2D eigenvalue weighted by Crippen LogP contribution is -2.01. The van der Waals surface area contributed by atoms with Gasteiger partial charge in [-0.3, -0.25) is 4.98 Å². The molecule has 26 heavy (non-hydrogen) atoms. The van der Waals surface area contributed by atoms with E-state index in [9.17, 15) is 0 Å². The molecule has 0 fully saturated rings. The van der Waals surface area contributed by atoms with Gasteiger partial charge in [0.05, 0.1) is 5.69 Å². The van der Waals surface area contributed by atoms with Crippen LogP contribution >= 0.6 is 0 Å². The number of rotatable bonds is 5. The predicted octanol–water partition coefficient (Wildman–Crippen LogP) is 5.52. The summed E-state index contributed by atoms with van der Waals surface area (Å²) < 4.78 is 10.8. The van der Waals surface area contributed by atoms with Gasteiger partial charge in [-0.15, -0.1) is 5.26 Å². The quantitative estimate of drug-likeness (QED) is 0.571. The highest BCUT2D eigenvalue weighted by Gasteiger charge is 2.08. The minimum Gasteiger partial charge on any atom is -0.489 e. The van der Waals surface area contributed by atoms with E-state index in [1.54, 1.807) is 18.5 Å². The molecular weight excluding hydrogens is 324 g/mol. The summed E-state index contributed by atoms with van der Waals surface area (Å²) in [4.78, 5) is 4.33. The maximum Gasteiger partial charge on any atom is 0.292 e. The number of aromatic nitrogens is 1. The highest BCUT2D eigenvalue weighted by molar-refractivity contribution is 5.59. The molecule has 0 atom stereocenters. The number of pyridine rings is 1. The third-order valence-electron chi connectivity index (χ3n) is 3.72. The van der Waals surface area contributed by atoms with E-state index in [1.165, 1.54) is 0 Å². The Morgan fingerprint density at radius 3 is 2.38 bits per heavy atom. The normalized spacial score (nSPS) is 9.46. The number of ether oxygens (including phenoxy) is 2. The Kier molecular flexibility index (Phi) is 7.20. The molecular formula is C22H22N2O2. The standard InChI is InChI=1S/C20H16N2O2.C2H6/c1-15-5-4-7-20(24-14-21)18(15)13-23-17-10-8-16(9-11-17)19-6-2-3-12-22-19;1-2/h2-12H,13H2,1H3;1-2H3. The van der Waals surface area contributed by atoms with Crippen molar-refractivity contribution in [1.29, 1.82) is 5.26 Å². The van der Waals surface area contributed by atoms with E-state index in [0.29, 0.717) is 12.4 Å². The molecule has 0 unspecified atom stereocenters. The molecule has 3 rings (SSSR count). The molecule has 0 bridgehead atoms. The fraction of sp³-hybridized carbons (Fsp3) is 0.182. The Balaban J connectivity index is 0.00000117. The van der Waals surface area contributed by atoms with Crippen molar-refractivity contribution in [2.24, 2.45) is 0 Å². The number of hydrogen-bond acceptors (Lipinski definition) is 4. The average molecular weight is 346 g/mol. The van der Waals surface area contributed by atoms with Crippen molar-refractivity contribution in [2.75, 3.05) is 0 Å². The summed E-state index contributed by atoms with van der Waals surface area (Å²) in [5, 5.41) is 8.74. The first-order chi connectivity index (χ1) is 12.8. The topological polar surface area (TPSA) is 55.1 Å². The Labute approximate surface area is 154 Å². The minimum atomic E-state index is 0.340. The van der Waals surface area contributed by atoms with E-state index < -0.39 is 0 Å². The maximum atomic E-state index is 8.74. The van der Waals surface area contributed by atoms with Crippen molar-refractivity contribution in [1.82, 2.24) is 4.98 Å². The zero-order chi connectivity index (χ0) is 18.8. The molecule has 1 aromatic heterocycles. The largest absolute Gasteiger partial charge is 0.489 e. The van der Waals surface area contributed by atoms with Crippen molar-refractivity contribution in [2.45, 2.75) is 27.4 Å². The molecule has 0 saturated carbocycles. The number of aryl methyl sites for hydroxylation is 1. The van der Waals surface area contributed by atoms with Gasteiger partial charge in [0.1, 0.15) is 18.1 Å². The van der Waals surface area contributed by atoms with Crippen LogP contribution < -0.4 is 9.47 Å². The monoisotopic (exact) mass is 346 g/mol. The SMILES string of the molecule is CC.Cc1cccc(OC#N)c1COc1ccc(-c2ccccn2)cc1. The van der Waals surface area contributed by atoms with Crippen molar-refractivity contribution in [3.63, 3.8) is 0 Å². The number of nitriles is 1. The zero-order valence-corrected chi connectivity index (χ0v) is 15.3. The second kappa shape index (κ2) is 9.85. The smallest absolute Gasteiger partial charge is 0.292 e. The molecule has 0 aliphatic rings. The lowest BCUT2D eigenvalue weighted by molar-refractivity contribution is 0.300. The summed E-state index contributed by atoms with van der Waals surface area (Å²) in [6, 6.07) is 19.2. The summed E-state index contributed by atoms with van der Waals surface area (Å²) in [5.41, 5.74) is 3.85. The summed E-state index contributed by atoms with van der Waals surface area (Å²) in [7, 11) is 0. The van der Waals surface area contributed by atoms with Gasteiger partial charge in [-0.05, 0) is 55.0 Å². The lowest BCUT2D eigenvalue weighted by atomic mass is 10.1. The van der Waals surface area contributed by atoms with Crippen molar-refractivity contribution < 1.29 is 9.47 Å². The molecule has 0 aliphatic carbocycles. The molecule has 0 saturated heterocycles. The van der Waals surface area contributed by atoms with Crippen LogP contribution in [-0.2, 0) is 6.61 Å². The summed E-state index contributed by atoms with van der Waals surface area (Å²) in [5.74, 6) is 1.28. The fourth-order valence-electron chi connectivity index (χ4n) is 2.42. The van der Waals surface area contributed by atoms with Crippen LogP contribution in [0.3, 0.4) is 0 Å². The van der Waals surface area contributed by atoms with E-state index in [-0.39, 0.29) is 0 Å². The highest BCUT2D eigenvalue weighted by Crippen LogP contribution is 2.25. The summed E-state index contributed by atoms with van der Waals surface area (Å²) >= 11 is 0. The van der Waals surface area contributed by atoms with Gasteiger partial charge < -0.3 is 9.47 Å². The predicted molar refractivity (Wildman–Crippen MR) is 103 cm³/mol. The Bertz CT molecular complexity index is 854. The maximum absolute atomic E-state index is 8.74. The molecule has 3 aromatic rings. The highest BCUT2D eigenvalue weighted by atomic mass is 16.5. The lowest BCUT2D eigenvalue weighted by Gasteiger charge is -2.12. The van der Waals surface area contributed by atoms with E-state index in [2.05, 4.69) is 4.98 Å². The molecule has 1 heterocycles. The van der Waals surface area contributed by atoms with Crippen LogP contribution in [0.5, 0.6) is 11.5 Å². The van der Waals surface area contributed by atoms with Crippen LogP contribution in [0.1, 0.15) is 25.0 Å².